The topological polar surface area (TPSA) is 21.3 Å². The molecule has 1 N–H and O–H groups in total. The molecule has 0 bridgehead atoms. The van der Waals surface area contributed by atoms with Crippen molar-refractivity contribution in [3.63, 3.8) is 0 Å². The standard InChI is InChI=1S/C14H29NO/c1-8-11-12(16-13(4,5)6)15-14(7,9-2)10-3/h11,15H,8-10H2,1-7H3/b12-11-. The van der Waals surface area contributed by atoms with E-state index in [4.69, 9.17) is 4.74 Å². The van der Waals surface area contributed by atoms with E-state index in [9.17, 15) is 0 Å². The molecule has 96 valence electrons. The normalized spacial score (nSPS) is 13.8. The molecule has 0 aromatic carbocycles. The minimum Gasteiger partial charge on any atom is -0.474 e. The third kappa shape index (κ3) is 6.04. The second-order valence-corrected chi connectivity index (χ2v) is 5.58. The molecule has 2 heteroatoms. The van der Waals surface area contributed by atoms with Crippen LogP contribution in [0.4, 0.5) is 0 Å². The van der Waals surface area contributed by atoms with Crippen molar-refractivity contribution in [2.75, 3.05) is 0 Å². The highest BCUT2D eigenvalue weighted by atomic mass is 16.5. The van der Waals surface area contributed by atoms with E-state index in [0.717, 1.165) is 25.1 Å². The molecule has 0 aliphatic heterocycles. The molecule has 0 fully saturated rings. The van der Waals surface area contributed by atoms with Gasteiger partial charge in [0, 0.05) is 5.54 Å². The average Bonchev–Trinajstić information content (AvgIpc) is 2.15. The lowest BCUT2D eigenvalue weighted by Gasteiger charge is -2.33. The fraction of sp³-hybridized carbons (Fsp3) is 0.857. The van der Waals surface area contributed by atoms with Crippen LogP contribution in [-0.4, -0.2) is 11.1 Å². The van der Waals surface area contributed by atoms with Crippen LogP contribution in [0.5, 0.6) is 0 Å². The van der Waals surface area contributed by atoms with Crippen molar-refractivity contribution in [3.05, 3.63) is 12.0 Å². The number of hydrogen-bond donors (Lipinski definition) is 1. The fourth-order valence-electron chi connectivity index (χ4n) is 1.36. The minimum absolute atomic E-state index is 0.131. The van der Waals surface area contributed by atoms with Gasteiger partial charge < -0.3 is 10.1 Å². The van der Waals surface area contributed by atoms with Gasteiger partial charge in [0.1, 0.15) is 5.60 Å². The molecule has 0 unspecified atom stereocenters. The molecule has 16 heavy (non-hydrogen) atoms. The van der Waals surface area contributed by atoms with E-state index < -0.39 is 0 Å². The van der Waals surface area contributed by atoms with E-state index in [1.807, 2.05) is 0 Å². The maximum Gasteiger partial charge on any atom is 0.183 e. The summed E-state index contributed by atoms with van der Waals surface area (Å²) in [5.74, 6) is 0.918. The van der Waals surface area contributed by atoms with Crippen LogP contribution in [0.25, 0.3) is 0 Å². The zero-order valence-corrected chi connectivity index (χ0v) is 12.1. The molecule has 0 saturated heterocycles. The number of nitrogens with one attached hydrogen (secondary N) is 1. The first-order chi connectivity index (χ1) is 7.26. The Labute approximate surface area is 101 Å². The lowest BCUT2D eigenvalue weighted by Crippen LogP contribution is -2.42. The van der Waals surface area contributed by atoms with Gasteiger partial charge in [-0.1, -0.05) is 20.8 Å². The molecule has 0 aliphatic rings. The molecule has 0 heterocycles. The molecule has 2 nitrogen and oxygen atoms in total. The quantitative estimate of drug-likeness (QED) is 0.686. The zero-order chi connectivity index (χ0) is 12.8. The summed E-state index contributed by atoms with van der Waals surface area (Å²) in [4.78, 5) is 0. The molecule has 0 amide bonds. The molecule has 0 radical (unpaired) electrons. The Morgan fingerprint density at radius 1 is 1.06 bits per heavy atom. The molecule has 0 aromatic heterocycles. The third-order valence-corrected chi connectivity index (χ3v) is 2.79. The highest BCUT2D eigenvalue weighted by Crippen LogP contribution is 2.19. The van der Waals surface area contributed by atoms with Crippen molar-refractivity contribution in [2.45, 2.75) is 78.9 Å². The predicted octanol–water partition coefficient (Wildman–Crippen LogP) is 4.22. The first-order valence-electron chi connectivity index (χ1n) is 6.43. The Kier molecular flexibility index (Phi) is 5.91. The van der Waals surface area contributed by atoms with Gasteiger partial charge in [-0.2, -0.15) is 0 Å². The van der Waals surface area contributed by atoms with Gasteiger partial charge in [-0.15, -0.1) is 0 Å². The van der Waals surface area contributed by atoms with Crippen LogP contribution in [0.15, 0.2) is 12.0 Å². The van der Waals surface area contributed by atoms with E-state index in [-0.39, 0.29) is 11.1 Å². The Morgan fingerprint density at radius 2 is 1.56 bits per heavy atom. The van der Waals surface area contributed by atoms with Crippen molar-refractivity contribution in [2.24, 2.45) is 0 Å². The molecule has 0 aliphatic carbocycles. The fourth-order valence-corrected chi connectivity index (χ4v) is 1.36. The van der Waals surface area contributed by atoms with E-state index in [0.29, 0.717) is 0 Å². The van der Waals surface area contributed by atoms with Crippen molar-refractivity contribution < 1.29 is 4.74 Å². The Hall–Kier alpha value is -0.660. The first kappa shape index (κ1) is 15.3. The van der Waals surface area contributed by atoms with Crippen molar-refractivity contribution in [3.8, 4) is 0 Å². The highest BCUT2D eigenvalue weighted by molar-refractivity contribution is 4.98. The minimum atomic E-state index is -0.142. The van der Waals surface area contributed by atoms with Gasteiger partial charge in [-0.25, -0.2) is 0 Å². The van der Waals surface area contributed by atoms with Crippen LogP contribution in [-0.2, 0) is 4.74 Å². The van der Waals surface area contributed by atoms with Gasteiger partial charge >= 0.3 is 0 Å². The highest BCUT2D eigenvalue weighted by Gasteiger charge is 2.22. The van der Waals surface area contributed by atoms with Gasteiger partial charge in [0.05, 0.1) is 0 Å². The van der Waals surface area contributed by atoms with Gasteiger partial charge in [0.2, 0.25) is 0 Å². The van der Waals surface area contributed by atoms with Crippen molar-refractivity contribution >= 4 is 0 Å². The van der Waals surface area contributed by atoms with E-state index in [1.165, 1.54) is 0 Å². The summed E-state index contributed by atoms with van der Waals surface area (Å²) >= 11 is 0. The van der Waals surface area contributed by atoms with Crippen LogP contribution in [0.3, 0.4) is 0 Å². The Bertz CT molecular complexity index is 221. The second kappa shape index (κ2) is 6.17. The smallest absolute Gasteiger partial charge is 0.183 e. The van der Waals surface area contributed by atoms with E-state index in [1.54, 1.807) is 0 Å². The van der Waals surface area contributed by atoms with Crippen LogP contribution >= 0.6 is 0 Å². The van der Waals surface area contributed by atoms with Crippen molar-refractivity contribution in [1.29, 1.82) is 0 Å². The number of rotatable bonds is 6. The Morgan fingerprint density at radius 3 is 1.88 bits per heavy atom. The summed E-state index contributed by atoms with van der Waals surface area (Å²) in [6.07, 6.45) is 5.30. The average molecular weight is 227 g/mol. The summed E-state index contributed by atoms with van der Waals surface area (Å²) in [5.41, 5.74) is -0.0113. The molecule has 0 aromatic rings. The maximum absolute atomic E-state index is 5.93. The number of hydrogen-bond acceptors (Lipinski definition) is 2. The molecular weight excluding hydrogens is 198 g/mol. The number of allylic oxidation sites excluding steroid dienone is 1. The van der Waals surface area contributed by atoms with Crippen molar-refractivity contribution in [1.82, 2.24) is 5.32 Å². The molecule has 0 saturated carbocycles. The maximum atomic E-state index is 5.93. The zero-order valence-electron chi connectivity index (χ0n) is 12.1. The SMILES string of the molecule is CC/C=C(/NC(C)(CC)CC)OC(C)(C)C. The summed E-state index contributed by atoms with van der Waals surface area (Å²) in [6, 6.07) is 0. The van der Waals surface area contributed by atoms with Crippen LogP contribution < -0.4 is 5.32 Å². The molecule has 0 atom stereocenters. The Balaban J connectivity index is 4.64. The molecule has 0 rings (SSSR count). The molecule has 0 spiro atoms. The summed E-state index contributed by atoms with van der Waals surface area (Å²) in [6.45, 7) is 15.0. The monoisotopic (exact) mass is 227 g/mol. The lowest BCUT2D eigenvalue weighted by molar-refractivity contribution is 0.0304. The largest absolute Gasteiger partial charge is 0.474 e. The van der Waals surface area contributed by atoms with Gasteiger partial charge in [0.15, 0.2) is 5.88 Å². The van der Waals surface area contributed by atoms with Crippen LogP contribution in [0.1, 0.15) is 67.7 Å². The third-order valence-electron chi connectivity index (χ3n) is 2.79. The summed E-state index contributed by atoms with van der Waals surface area (Å²) < 4.78 is 5.93. The summed E-state index contributed by atoms with van der Waals surface area (Å²) in [5, 5.41) is 3.53. The van der Waals surface area contributed by atoms with Gasteiger partial charge in [0.25, 0.3) is 0 Å². The summed E-state index contributed by atoms with van der Waals surface area (Å²) in [7, 11) is 0. The van der Waals surface area contributed by atoms with E-state index in [2.05, 4.69) is 59.9 Å². The second-order valence-electron chi connectivity index (χ2n) is 5.58. The molecular formula is C14H29NO. The van der Waals surface area contributed by atoms with Gasteiger partial charge in [-0.3, -0.25) is 0 Å². The van der Waals surface area contributed by atoms with Gasteiger partial charge in [-0.05, 0) is 53.0 Å². The van der Waals surface area contributed by atoms with Crippen LogP contribution in [0.2, 0.25) is 0 Å². The predicted molar refractivity (Wildman–Crippen MR) is 71.3 cm³/mol. The first-order valence-corrected chi connectivity index (χ1v) is 6.43. The van der Waals surface area contributed by atoms with E-state index >= 15 is 0 Å². The lowest BCUT2D eigenvalue weighted by atomic mass is 9.96. The van der Waals surface area contributed by atoms with Crippen LogP contribution in [0, 0.1) is 0 Å². The number of ether oxygens (including phenoxy) is 1.